The molecule has 0 unspecified atom stereocenters. The van der Waals surface area contributed by atoms with Crippen LogP contribution in [0.4, 0.5) is 0 Å². The minimum absolute atomic E-state index is 1.20. The van der Waals surface area contributed by atoms with Crippen molar-refractivity contribution in [1.29, 1.82) is 0 Å². The Balaban J connectivity index is 1.96. The van der Waals surface area contributed by atoms with E-state index in [0.717, 1.165) is 0 Å². The van der Waals surface area contributed by atoms with Gasteiger partial charge < -0.3 is 0 Å². The van der Waals surface area contributed by atoms with Gasteiger partial charge in [-0.3, -0.25) is 0 Å². The second-order valence-electron chi connectivity index (χ2n) is 8.51. The predicted octanol–water partition coefficient (Wildman–Crippen LogP) is 7.91. The summed E-state index contributed by atoms with van der Waals surface area (Å²) >= 11 is 0. The maximum absolute atomic E-state index is 3.47. The average Bonchev–Trinajstić information content (AvgIpc) is 3.12. The van der Waals surface area contributed by atoms with Gasteiger partial charge in [-0.2, -0.15) is 0 Å². The van der Waals surface area contributed by atoms with Crippen LogP contribution in [0.25, 0.3) is 0 Å². The van der Waals surface area contributed by atoms with Crippen LogP contribution >= 0.6 is 0 Å². The number of hydrogen-bond donors (Lipinski definition) is 1. The van der Waals surface area contributed by atoms with Crippen molar-refractivity contribution < 1.29 is 4.57 Å². The van der Waals surface area contributed by atoms with Crippen LogP contribution in [0.3, 0.4) is 0 Å². The minimum Gasteiger partial charge on any atom is -0.248 e. The lowest BCUT2D eigenvalue weighted by Crippen LogP contribution is -2.36. The first kappa shape index (κ1) is 24.2. The van der Waals surface area contributed by atoms with E-state index in [1.807, 2.05) is 0 Å². The standard InChI is InChI=1S/C25H48N2/c1-3-5-7-9-11-13-15-17-19-21-25-26-22-24-27(25)23-20-18-16-14-12-10-8-6-4-2/h22,24H,3-21,23H2,1-2H3/p+1. The van der Waals surface area contributed by atoms with Gasteiger partial charge in [-0.15, -0.1) is 0 Å². The molecule has 0 aliphatic carbocycles. The number of unbranched alkanes of at least 4 members (excludes halogenated alkanes) is 16. The Hall–Kier alpha value is -0.790. The number of rotatable bonds is 20. The molecule has 2 heteroatoms. The Morgan fingerprint density at radius 3 is 1.56 bits per heavy atom. The average molecular weight is 378 g/mol. The van der Waals surface area contributed by atoms with Crippen molar-refractivity contribution in [2.24, 2.45) is 0 Å². The molecule has 0 bridgehead atoms. The lowest BCUT2D eigenvalue weighted by Gasteiger charge is -2.03. The summed E-state index contributed by atoms with van der Waals surface area (Å²) < 4.78 is 2.46. The number of H-pyrrole nitrogens is 1. The van der Waals surface area contributed by atoms with Crippen LogP contribution in [-0.4, -0.2) is 4.98 Å². The summed E-state index contributed by atoms with van der Waals surface area (Å²) in [5.41, 5.74) is 0. The van der Waals surface area contributed by atoms with E-state index in [-0.39, 0.29) is 0 Å². The third-order valence-corrected chi connectivity index (χ3v) is 5.87. The van der Waals surface area contributed by atoms with E-state index in [4.69, 9.17) is 0 Å². The van der Waals surface area contributed by atoms with Crippen LogP contribution in [0.15, 0.2) is 12.4 Å². The van der Waals surface area contributed by atoms with E-state index in [2.05, 4.69) is 35.8 Å². The highest BCUT2D eigenvalue weighted by molar-refractivity contribution is 4.77. The first-order valence-corrected chi connectivity index (χ1v) is 12.4. The maximum atomic E-state index is 3.47. The van der Waals surface area contributed by atoms with Crippen LogP contribution in [0.1, 0.15) is 135 Å². The molecule has 27 heavy (non-hydrogen) atoms. The fourth-order valence-corrected chi connectivity index (χ4v) is 4.02. The van der Waals surface area contributed by atoms with E-state index >= 15 is 0 Å². The first-order chi connectivity index (χ1) is 13.4. The number of nitrogens with zero attached hydrogens (tertiary/aromatic N) is 1. The lowest BCUT2D eigenvalue weighted by atomic mass is 10.1. The number of aryl methyl sites for hydroxylation is 2. The van der Waals surface area contributed by atoms with Gasteiger partial charge in [0.15, 0.2) is 0 Å². The van der Waals surface area contributed by atoms with Gasteiger partial charge in [0.25, 0.3) is 5.82 Å². The van der Waals surface area contributed by atoms with Gasteiger partial charge >= 0.3 is 0 Å². The normalized spacial score (nSPS) is 11.3. The number of aromatic nitrogens is 2. The Morgan fingerprint density at radius 2 is 1.04 bits per heavy atom. The molecule has 0 atom stereocenters. The molecule has 0 fully saturated rings. The Kier molecular flexibility index (Phi) is 16.7. The predicted molar refractivity (Wildman–Crippen MR) is 119 cm³/mol. The van der Waals surface area contributed by atoms with Gasteiger partial charge in [-0.25, -0.2) is 9.55 Å². The molecule has 0 radical (unpaired) electrons. The summed E-state index contributed by atoms with van der Waals surface area (Å²) in [5, 5.41) is 0. The molecule has 0 spiro atoms. The van der Waals surface area contributed by atoms with E-state index in [0.29, 0.717) is 0 Å². The number of imidazole rings is 1. The maximum Gasteiger partial charge on any atom is 0.254 e. The highest BCUT2D eigenvalue weighted by Crippen LogP contribution is 2.11. The number of nitrogens with one attached hydrogen (secondary N) is 1. The highest BCUT2D eigenvalue weighted by atomic mass is 15.1. The van der Waals surface area contributed by atoms with Crippen molar-refractivity contribution in [3.8, 4) is 0 Å². The van der Waals surface area contributed by atoms with Gasteiger partial charge in [0.1, 0.15) is 12.4 Å². The van der Waals surface area contributed by atoms with E-state index in [1.165, 1.54) is 134 Å². The Labute approximate surface area is 170 Å². The summed E-state index contributed by atoms with van der Waals surface area (Å²) in [6, 6.07) is 0. The smallest absolute Gasteiger partial charge is 0.248 e. The van der Waals surface area contributed by atoms with Gasteiger partial charge in [-0.05, 0) is 19.3 Å². The van der Waals surface area contributed by atoms with Crippen molar-refractivity contribution in [1.82, 2.24) is 4.98 Å². The third-order valence-electron chi connectivity index (χ3n) is 5.87. The number of hydrogen-bond acceptors (Lipinski definition) is 0. The lowest BCUT2D eigenvalue weighted by molar-refractivity contribution is -0.703. The quantitative estimate of drug-likeness (QED) is 0.176. The van der Waals surface area contributed by atoms with Crippen LogP contribution in [0.2, 0.25) is 0 Å². The van der Waals surface area contributed by atoms with Crippen molar-refractivity contribution in [3.63, 3.8) is 0 Å². The molecule has 1 rings (SSSR count). The molecule has 2 nitrogen and oxygen atoms in total. The van der Waals surface area contributed by atoms with E-state index in [1.54, 1.807) is 0 Å². The summed E-state index contributed by atoms with van der Waals surface area (Å²) in [6.45, 7) is 5.79. The largest absolute Gasteiger partial charge is 0.254 e. The highest BCUT2D eigenvalue weighted by Gasteiger charge is 2.09. The van der Waals surface area contributed by atoms with Crippen LogP contribution in [0.5, 0.6) is 0 Å². The van der Waals surface area contributed by atoms with Crippen molar-refractivity contribution in [2.75, 3.05) is 0 Å². The molecule has 0 aromatic carbocycles. The molecule has 1 N–H and O–H groups in total. The van der Waals surface area contributed by atoms with Crippen LogP contribution < -0.4 is 4.57 Å². The molecule has 0 saturated heterocycles. The fraction of sp³-hybridized carbons (Fsp3) is 0.880. The molecule has 0 aliphatic heterocycles. The molecule has 0 amide bonds. The molecule has 158 valence electrons. The summed E-state index contributed by atoms with van der Waals surface area (Å²) in [7, 11) is 0. The first-order valence-electron chi connectivity index (χ1n) is 12.4. The topological polar surface area (TPSA) is 19.7 Å². The zero-order valence-corrected chi connectivity index (χ0v) is 18.7. The Bertz CT molecular complexity index is 374. The van der Waals surface area contributed by atoms with Gasteiger partial charge in [0.05, 0.1) is 6.54 Å². The summed E-state index contributed by atoms with van der Waals surface area (Å²) in [6.07, 6.45) is 31.0. The zero-order valence-electron chi connectivity index (χ0n) is 18.7. The second-order valence-corrected chi connectivity index (χ2v) is 8.51. The molecule has 0 saturated carbocycles. The van der Waals surface area contributed by atoms with E-state index in [9.17, 15) is 0 Å². The molecule has 0 aliphatic rings. The van der Waals surface area contributed by atoms with Gasteiger partial charge in [0.2, 0.25) is 0 Å². The minimum atomic E-state index is 1.20. The molecule has 1 aromatic rings. The molecule has 1 heterocycles. The second kappa shape index (κ2) is 18.6. The molecule has 1 aromatic heterocycles. The fourth-order valence-electron chi connectivity index (χ4n) is 4.02. The number of aromatic amines is 1. The van der Waals surface area contributed by atoms with E-state index < -0.39 is 0 Å². The molecular weight excluding hydrogens is 328 g/mol. The third kappa shape index (κ3) is 13.9. The Morgan fingerprint density at radius 1 is 0.593 bits per heavy atom. The van der Waals surface area contributed by atoms with Gasteiger partial charge in [-0.1, -0.05) is 110 Å². The SMILES string of the molecule is CCCCCCCCCCCc1[nH]cc[n+]1CCCCCCCCCCC. The zero-order chi connectivity index (χ0) is 19.4. The summed E-state index contributed by atoms with van der Waals surface area (Å²) in [4.78, 5) is 3.47. The van der Waals surface area contributed by atoms with Crippen molar-refractivity contribution in [2.45, 2.75) is 142 Å². The van der Waals surface area contributed by atoms with Gasteiger partial charge in [0, 0.05) is 6.42 Å². The van der Waals surface area contributed by atoms with Crippen molar-refractivity contribution in [3.05, 3.63) is 18.2 Å². The monoisotopic (exact) mass is 377 g/mol. The van der Waals surface area contributed by atoms with Crippen molar-refractivity contribution >= 4 is 0 Å². The summed E-state index contributed by atoms with van der Waals surface area (Å²) in [5.74, 6) is 1.44. The van der Waals surface area contributed by atoms with Crippen LogP contribution in [0, 0.1) is 0 Å². The molecular formula is C25H49N2+. The van der Waals surface area contributed by atoms with Crippen LogP contribution in [-0.2, 0) is 13.0 Å².